The Labute approximate surface area is 125 Å². The van der Waals surface area contributed by atoms with Crippen LogP contribution in [-0.2, 0) is 17.9 Å². The van der Waals surface area contributed by atoms with Crippen LogP contribution in [0.3, 0.4) is 0 Å². The molecule has 4 heteroatoms. The van der Waals surface area contributed by atoms with Crippen molar-refractivity contribution >= 4 is 11.3 Å². The summed E-state index contributed by atoms with van der Waals surface area (Å²) in [7, 11) is 3.66. The number of nitrogens with one attached hydrogen (secondary N) is 1. The number of ether oxygens (including phenoxy) is 1. The van der Waals surface area contributed by atoms with Gasteiger partial charge in [-0.25, -0.2) is 4.98 Å². The Morgan fingerprint density at radius 2 is 1.95 bits per heavy atom. The number of hydrogen-bond acceptors (Lipinski definition) is 4. The van der Waals surface area contributed by atoms with Gasteiger partial charge in [-0.1, -0.05) is 38.1 Å². The predicted molar refractivity (Wildman–Crippen MR) is 85.1 cm³/mol. The maximum atomic E-state index is 5.23. The molecule has 0 saturated heterocycles. The molecule has 1 aromatic carbocycles. The fourth-order valence-corrected chi connectivity index (χ4v) is 3.15. The Kier molecular flexibility index (Phi) is 5.29. The van der Waals surface area contributed by atoms with Gasteiger partial charge < -0.3 is 10.1 Å². The van der Waals surface area contributed by atoms with Gasteiger partial charge in [0, 0.05) is 24.1 Å². The zero-order chi connectivity index (χ0) is 14.5. The van der Waals surface area contributed by atoms with E-state index in [9.17, 15) is 0 Å². The van der Waals surface area contributed by atoms with Gasteiger partial charge in [-0.05, 0) is 18.5 Å². The highest BCUT2D eigenvalue weighted by Crippen LogP contribution is 2.29. The van der Waals surface area contributed by atoms with E-state index >= 15 is 0 Å². The van der Waals surface area contributed by atoms with Crippen molar-refractivity contribution in [3.05, 3.63) is 40.4 Å². The van der Waals surface area contributed by atoms with Crippen LogP contribution in [0.5, 0.6) is 0 Å². The lowest BCUT2D eigenvalue weighted by Gasteiger charge is -2.05. The molecule has 1 aromatic heterocycles. The lowest BCUT2D eigenvalue weighted by Crippen LogP contribution is -2.06. The van der Waals surface area contributed by atoms with Crippen LogP contribution in [0.15, 0.2) is 24.3 Å². The van der Waals surface area contributed by atoms with E-state index in [-0.39, 0.29) is 0 Å². The molecule has 0 fully saturated rings. The fraction of sp³-hybridized carbons (Fsp3) is 0.438. The molecule has 0 bridgehead atoms. The van der Waals surface area contributed by atoms with Crippen molar-refractivity contribution in [3.63, 3.8) is 0 Å². The molecule has 2 rings (SSSR count). The van der Waals surface area contributed by atoms with Crippen LogP contribution in [0.4, 0.5) is 0 Å². The highest BCUT2D eigenvalue weighted by molar-refractivity contribution is 7.15. The highest BCUT2D eigenvalue weighted by Gasteiger charge is 2.12. The van der Waals surface area contributed by atoms with Crippen molar-refractivity contribution in [2.45, 2.75) is 32.9 Å². The van der Waals surface area contributed by atoms with Gasteiger partial charge in [-0.15, -0.1) is 11.3 Å². The number of hydrogen-bond donors (Lipinski definition) is 1. The molecule has 0 aliphatic carbocycles. The summed E-state index contributed by atoms with van der Waals surface area (Å²) in [6.45, 7) is 5.82. The molecule has 0 amide bonds. The third-order valence-electron chi connectivity index (χ3n) is 3.22. The zero-order valence-electron chi connectivity index (χ0n) is 12.6. The number of rotatable bonds is 6. The summed E-state index contributed by atoms with van der Waals surface area (Å²) in [5.41, 5.74) is 3.58. The van der Waals surface area contributed by atoms with Crippen molar-refractivity contribution in [1.82, 2.24) is 10.3 Å². The maximum Gasteiger partial charge on any atom is 0.124 e. The molecule has 0 spiro atoms. The first-order chi connectivity index (χ1) is 9.65. The first-order valence-corrected chi connectivity index (χ1v) is 7.69. The van der Waals surface area contributed by atoms with Crippen molar-refractivity contribution < 1.29 is 4.74 Å². The summed E-state index contributed by atoms with van der Waals surface area (Å²) in [5, 5.41) is 4.25. The topological polar surface area (TPSA) is 34.2 Å². The standard InChI is InChI=1S/C16H22N2OS/c1-11(2)12-5-7-13(8-6-12)16-18-14(10-19-4)15(20-16)9-17-3/h5-8,11,17H,9-10H2,1-4H3. The van der Waals surface area contributed by atoms with Gasteiger partial charge >= 0.3 is 0 Å². The van der Waals surface area contributed by atoms with Gasteiger partial charge in [0.1, 0.15) is 5.01 Å². The summed E-state index contributed by atoms with van der Waals surface area (Å²) in [6.07, 6.45) is 0. The number of aromatic nitrogens is 1. The van der Waals surface area contributed by atoms with E-state index in [1.165, 1.54) is 16.0 Å². The van der Waals surface area contributed by atoms with E-state index in [2.05, 4.69) is 43.4 Å². The van der Waals surface area contributed by atoms with Crippen LogP contribution in [0, 0.1) is 0 Å². The largest absolute Gasteiger partial charge is 0.378 e. The van der Waals surface area contributed by atoms with Crippen molar-refractivity contribution in [2.24, 2.45) is 0 Å². The Morgan fingerprint density at radius 1 is 1.25 bits per heavy atom. The lowest BCUT2D eigenvalue weighted by atomic mass is 10.0. The Morgan fingerprint density at radius 3 is 2.50 bits per heavy atom. The van der Waals surface area contributed by atoms with Crippen molar-refractivity contribution in [2.75, 3.05) is 14.2 Å². The second-order valence-corrected chi connectivity index (χ2v) is 6.21. The number of methoxy groups -OCH3 is 1. The molecule has 3 nitrogen and oxygen atoms in total. The summed E-state index contributed by atoms with van der Waals surface area (Å²) < 4.78 is 5.23. The minimum absolute atomic E-state index is 0.559. The number of thiazole rings is 1. The average Bonchev–Trinajstić information content (AvgIpc) is 2.83. The number of benzene rings is 1. The normalized spacial score (nSPS) is 11.2. The van der Waals surface area contributed by atoms with Crippen molar-refractivity contribution in [3.8, 4) is 10.6 Å². The molecule has 0 radical (unpaired) electrons. The first-order valence-electron chi connectivity index (χ1n) is 6.88. The van der Waals surface area contributed by atoms with Gasteiger partial charge in [-0.3, -0.25) is 0 Å². The molecule has 0 aliphatic rings. The molecular weight excluding hydrogens is 268 g/mol. The van der Waals surface area contributed by atoms with Crippen LogP contribution in [0.1, 0.15) is 35.9 Å². The Bertz CT molecular complexity index is 523. The van der Waals surface area contributed by atoms with Crippen LogP contribution in [0.25, 0.3) is 10.6 Å². The molecule has 0 saturated carbocycles. The van der Waals surface area contributed by atoms with Crippen LogP contribution >= 0.6 is 11.3 Å². The summed E-state index contributed by atoms with van der Waals surface area (Å²) >= 11 is 1.74. The van der Waals surface area contributed by atoms with Gasteiger partial charge in [0.25, 0.3) is 0 Å². The Hall–Kier alpha value is -1.23. The van der Waals surface area contributed by atoms with E-state index in [1.807, 2.05) is 7.05 Å². The Balaban J connectivity index is 2.29. The van der Waals surface area contributed by atoms with Crippen LogP contribution in [0.2, 0.25) is 0 Å². The second kappa shape index (κ2) is 6.97. The second-order valence-electron chi connectivity index (χ2n) is 5.13. The quantitative estimate of drug-likeness (QED) is 0.878. The smallest absolute Gasteiger partial charge is 0.124 e. The summed E-state index contributed by atoms with van der Waals surface area (Å²) in [4.78, 5) is 5.96. The van der Waals surface area contributed by atoms with Crippen molar-refractivity contribution in [1.29, 1.82) is 0 Å². The van der Waals surface area contributed by atoms with Crippen LogP contribution < -0.4 is 5.32 Å². The molecule has 108 valence electrons. The van der Waals surface area contributed by atoms with Gasteiger partial charge in [-0.2, -0.15) is 0 Å². The van der Waals surface area contributed by atoms with E-state index in [0.717, 1.165) is 17.2 Å². The monoisotopic (exact) mass is 290 g/mol. The third kappa shape index (κ3) is 3.45. The van der Waals surface area contributed by atoms with Crippen LogP contribution in [-0.4, -0.2) is 19.1 Å². The highest BCUT2D eigenvalue weighted by atomic mass is 32.1. The number of nitrogens with zero attached hydrogens (tertiary/aromatic N) is 1. The van der Waals surface area contributed by atoms with E-state index in [0.29, 0.717) is 12.5 Å². The SMILES string of the molecule is CNCc1sc(-c2ccc(C(C)C)cc2)nc1COC. The summed E-state index contributed by atoms with van der Waals surface area (Å²) in [6, 6.07) is 8.70. The molecule has 0 aliphatic heterocycles. The van der Waals surface area contributed by atoms with E-state index in [4.69, 9.17) is 9.72 Å². The maximum absolute atomic E-state index is 5.23. The van der Waals surface area contributed by atoms with E-state index < -0.39 is 0 Å². The van der Waals surface area contributed by atoms with Gasteiger partial charge in [0.15, 0.2) is 0 Å². The zero-order valence-corrected chi connectivity index (χ0v) is 13.4. The fourth-order valence-electron chi connectivity index (χ4n) is 2.07. The molecular formula is C16H22N2OS. The molecule has 0 atom stereocenters. The third-order valence-corrected chi connectivity index (χ3v) is 4.37. The minimum atomic E-state index is 0.559. The molecule has 0 unspecified atom stereocenters. The molecule has 2 aromatic rings. The molecule has 1 N–H and O–H groups in total. The lowest BCUT2D eigenvalue weighted by molar-refractivity contribution is 0.181. The minimum Gasteiger partial charge on any atom is -0.378 e. The molecule has 20 heavy (non-hydrogen) atoms. The van der Waals surface area contributed by atoms with Gasteiger partial charge in [0.05, 0.1) is 12.3 Å². The summed E-state index contributed by atoms with van der Waals surface area (Å²) in [5.74, 6) is 0.559. The molecule has 1 heterocycles. The van der Waals surface area contributed by atoms with Gasteiger partial charge in [0.2, 0.25) is 0 Å². The predicted octanol–water partition coefficient (Wildman–Crippen LogP) is 3.80. The average molecular weight is 290 g/mol. The first kappa shape index (κ1) is 15.2. The van der Waals surface area contributed by atoms with E-state index in [1.54, 1.807) is 18.4 Å².